The molecule has 0 aliphatic carbocycles. The van der Waals surface area contributed by atoms with Crippen LogP contribution in [0.1, 0.15) is 11.4 Å². The van der Waals surface area contributed by atoms with Gasteiger partial charge in [-0.25, -0.2) is 4.98 Å². The van der Waals surface area contributed by atoms with Crippen LogP contribution < -0.4 is 4.74 Å². The summed E-state index contributed by atoms with van der Waals surface area (Å²) in [6, 6.07) is 7.21. The van der Waals surface area contributed by atoms with Crippen LogP contribution in [0.3, 0.4) is 0 Å². The first kappa shape index (κ1) is 13.1. The van der Waals surface area contributed by atoms with Crippen molar-refractivity contribution in [3.63, 3.8) is 0 Å². The summed E-state index contributed by atoms with van der Waals surface area (Å²) in [4.78, 5) is 14.9. The van der Waals surface area contributed by atoms with E-state index in [1.807, 2.05) is 29.8 Å². The number of carboxylic acid groups (broad SMARTS) is 1. The fourth-order valence-corrected chi connectivity index (χ4v) is 1.85. The third-order valence-electron chi connectivity index (χ3n) is 2.83. The molecule has 2 aromatic rings. The average Bonchev–Trinajstić information content (AvgIpc) is 2.77. The highest BCUT2D eigenvalue weighted by atomic mass is 16.5. The molecule has 1 heterocycles. The van der Waals surface area contributed by atoms with Gasteiger partial charge in [-0.15, -0.1) is 0 Å². The summed E-state index contributed by atoms with van der Waals surface area (Å²) in [5.41, 5.74) is 0.692. The predicted molar refractivity (Wildman–Crippen MR) is 70.2 cm³/mol. The summed E-state index contributed by atoms with van der Waals surface area (Å²) in [5.74, 6) is 0.701. The van der Waals surface area contributed by atoms with Crippen LogP contribution >= 0.6 is 0 Å². The summed E-state index contributed by atoms with van der Waals surface area (Å²) in [5, 5.41) is 8.84. The summed E-state index contributed by atoms with van der Waals surface area (Å²) in [7, 11) is 0. The Labute approximate surface area is 111 Å². The van der Waals surface area contributed by atoms with E-state index < -0.39 is 5.97 Å². The molecule has 5 nitrogen and oxygen atoms in total. The fraction of sp³-hybridized carbons (Fsp3) is 0.286. The molecule has 100 valence electrons. The van der Waals surface area contributed by atoms with E-state index in [9.17, 15) is 4.79 Å². The number of hydrogen-bond donors (Lipinski definition) is 1. The van der Waals surface area contributed by atoms with Crippen molar-refractivity contribution in [2.75, 3.05) is 6.61 Å². The van der Waals surface area contributed by atoms with Gasteiger partial charge >= 0.3 is 5.97 Å². The van der Waals surface area contributed by atoms with Crippen LogP contribution in [0, 0.1) is 6.92 Å². The van der Waals surface area contributed by atoms with Gasteiger partial charge in [0.05, 0.1) is 13.0 Å². The van der Waals surface area contributed by atoms with Gasteiger partial charge in [-0.2, -0.15) is 0 Å². The highest BCUT2D eigenvalue weighted by Crippen LogP contribution is 2.18. The Balaban J connectivity index is 1.96. The van der Waals surface area contributed by atoms with Gasteiger partial charge in [0.1, 0.15) is 18.2 Å². The van der Waals surface area contributed by atoms with Crippen molar-refractivity contribution < 1.29 is 14.6 Å². The number of hydrogen-bond acceptors (Lipinski definition) is 3. The average molecular weight is 260 g/mol. The van der Waals surface area contributed by atoms with Gasteiger partial charge in [-0.1, -0.05) is 18.2 Å². The van der Waals surface area contributed by atoms with Gasteiger partial charge in [0.15, 0.2) is 0 Å². The second-order valence-electron chi connectivity index (χ2n) is 4.19. The molecule has 2 rings (SSSR count). The number of carboxylic acids is 1. The van der Waals surface area contributed by atoms with Gasteiger partial charge in [0.2, 0.25) is 0 Å². The van der Waals surface area contributed by atoms with Gasteiger partial charge in [-0.3, -0.25) is 4.79 Å². The number of aryl methyl sites for hydroxylation is 1. The van der Waals surface area contributed by atoms with Gasteiger partial charge in [0, 0.05) is 18.0 Å². The SMILES string of the molecule is Cc1nccn1CCOc1ccccc1CC(=O)O. The smallest absolute Gasteiger partial charge is 0.307 e. The third kappa shape index (κ3) is 3.58. The molecule has 0 aliphatic heterocycles. The first-order valence-electron chi connectivity index (χ1n) is 6.07. The Morgan fingerprint density at radius 1 is 1.42 bits per heavy atom. The molecular weight excluding hydrogens is 244 g/mol. The second kappa shape index (κ2) is 6.04. The fourth-order valence-electron chi connectivity index (χ4n) is 1.85. The minimum Gasteiger partial charge on any atom is -0.491 e. The number of aliphatic carboxylic acids is 1. The molecule has 0 fully saturated rings. The van der Waals surface area contributed by atoms with Crippen LogP contribution in [0.5, 0.6) is 5.75 Å². The second-order valence-corrected chi connectivity index (χ2v) is 4.19. The lowest BCUT2D eigenvalue weighted by Crippen LogP contribution is -2.10. The molecule has 5 heteroatoms. The lowest BCUT2D eigenvalue weighted by atomic mass is 10.1. The minimum absolute atomic E-state index is 0.0275. The zero-order chi connectivity index (χ0) is 13.7. The standard InChI is InChI=1S/C14H16N2O3/c1-11-15-6-7-16(11)8-9-19-13-5-3-2-4-12(13)10-14(17)18/h2-7H,8-10H2,1H3,(H,17,18). The van der Waals surface area contributed by atoms with Crippen LogP contribution in [0.4, 0.5) is 0 Å². The minimum atomic E-state index is -0.860. The molecular formula is C14H16N2O3. The molecule has 1 aromatic heterocycles. The molecule has 0 spiro atoms. The quantitative estimate of drug-likeness (QED) is 0.861. The molecule has 0 saturated carbocycles. The van der Waals surface area contributed by atoms with Crippen molar-refractivity contribution in [1.29, 1.82) is 0 Å². The number of para-hydroxylation sites is 1. The molecule has 0 aliphatic rings. The number of ether oxygens (including phenoxy) is 1. The van der Waals surface area contributed by atoms with Gasteiger partial charge in [0.25, 0.3) is 0 Å². The van der Waals surface area contributed by atoms with Crippen LogP contribution in [-0.2, 0) is 17.8 Å². The maximum Gasteiger partial charge on any atom is 0.307 e. The molecule has 0 saturated heterocycles. The molecule has 0 atom stereocenters. The molecule has 0 unspecified atom stereocenters. The lowest BCUT2D eigenvalue weighted by molar-refractivity contribution is -0.136. The van der Waals surface area contributed by atoms with Gasteiger partial charge < -0.3 is 14.4 Å². The topological polar surface area (TPSA) is 64.4 Å². The van der Waals surface area contributed by atoms with Crippen molar-refractivity contribution in [1.82, 2.24) is 9.55 Å². The summed E-state index contributed by atoms with van der Waals surface area (Å²) in [6.07, 6.45) is 3.61. The lowest BCUT2D eigenvalue weighted by Gasteiger charge is -2.11. The molecule has 0 amide bonds. The van der Waals surface area contributed by atoms with E-state index in [4.69, 9.17) is 9.84 Å². The molecule has 0 radical (unpaired) electrons. The number of imidazole rings is 1. The summed E-state index contributed by atoms with van der Waals surface area (Å²) < 4.78 is 7.64. The van der Waals surface area contributed by atoms with Crippen molar-refractivity contribution >= 4 is 5.97 Å². The van der Waals surface area contributed by atoms with Crippen molar-refractivity contribution in [3.05, 3.63) is 48.0 Å². The zero-order valence-electron chi connectivity index (χ0n) is 10.7. The van der Waals surface area contributed by atoms with E-state index in [0.717, 1.165) is 5.82 Å². The van der Waals surface area contributed by atoms with Crippen molar-refractivity contribution in [3.8, 4) is 5.75 Å². The van der Waals surface area contributed by atoms with Crippen molar-refractivity contribution in [2.45, 2.75) is 19.9 Å². The number of benzene rings is 1. The Morgan fingerprint density at radius 3 is 2.89 bits per heavy atom. The van der Waals surface area contributed by atoms with Crippen LogP contribution in [0.25, 0.3) is 0 Å². The van der Waals surface area contributed by atoms with Crippen LogP contribution in [0.2, 0.25) is 0 Å². The van der Waals surface area contributed by atoms with E-state index in [1.54, 1.807) is 18.3 Å². The Morgan fingerprint density at radius 2 is 2.21 bits per heavy atom. The molecule has 19 heavy (non-hydrogen) atoms. The van der Waals surface area contributed by atoms with Crippen LogP contribution in [0.15, 0.2) is 36.7 Å². The summed E-state index contributed by atoms with van der Waals surface area (Å²) >= 11 is 0. The van der Waals surface area contributed by atoms with E-state index in [1.165, 1.54) is 0 Å². The molecule has 1 aromatic carbocycles. The maximum absolute atomic E-state index is 10.8. The van der Waals surface area contributed by atoms with E-state index >= 15 is 0 Å². The number of aromatic nitrogens is 2. The van der Waals surface area contributed by atoms with Crippen molar-refractivity contribution in [2.24, 2.45) is 0 Å². The monoisotopic (exact) mass is 260 g/mol. The maximum atomic E-state index is 10.8. The Hall–Kier alpha value is -2.30. The van der Waals surface area contributed by atoms with E-state index in [-0.39, 0.29) is 6.42 Å². The third-order valence-corrected chi connectivity index (χ3v) is 2.83. The van der Waals surface area contributed by atoms with E-state index in [0.29, 0.717) is 24.5 Å². The zero-order valence-corrected chi connectivity index (χ0v) is 10.7. The highest BCUT2D eigenvalue weighted by molar-refractivity contribution is 5.71. The Kier molecular flexibility index (Phi) is 4.18. The molecule has 1 N–H and O–H groups in total. The Bertz CT molecular complexity index is 563. The summed E-state index contributed by atoms with van der Waals surface area (Å²) in [6.45, 7) is 3.10. The van der Waals surface area contributed by atoms with E-state index in [2.05, 4.69) is 4.98 Å². The largest absolute Gasteiger partial charge is 0.491 e. The number of nitrogens with zero attached hydrogens (tertiary/aromatic N) is 2. The normalized spacial score (nSPS) is 10.4. The van der Waals surface area contributed by atoms with Gasteiger partial charge in [-0.05, 0) is 13.0 Å². The first-order chi connectivity index (χ1) is 9.16. The predicted octanol–water partition coefficient (Wildman–Crippen LogP) is 1.90. The molecule has 0 bridgehead atoms. The highest BCUT2D eigenvalue weighted by Gasteiger charge is 2.07. The van der Waals surface area contributed by atoms with Crippen LogP contribution in [-0.4, -0.2) is 27.2 Å². The number of rotatable bonds is 6. The first-order valence-corrected chi connectivity index (χ1v) is 6.07. The number of carbonyl (C=O) groups is 1.